The summed E-state index contributed by atoms with van der Waals surface area (Å²) in [7, 11) is 0. The van der Waals surface area contributed by atoms with E-state index in [0.717, 1.165) is 29.8 Å². The Bertz CT molecular complexity index is 933. The Labute approximate surface area is 151 Å². The fourth-order valence-electron chi connectivity index (χ4n) is 2.74. The number of rotatable bonds is 6. The highest BCUT2D eigenvalue weighted by Crippen LogP contribution is 2.36. The number of nitrogens with zero attached hydrogens (tertiary/aromatic N) is 4. The summed E-state index contributed by atoms with van der Waals surface area (Å²) in [5, 5.41) is 14.8. The van der Waals surface area contributed by atoms with Gasteiger partial charge in [0.15, 0.2) is 12.4 Å². The topological polar surface area (TPSA) is 81.9 Å². The van der Waals surface area contributed by atoms with Crippen LogP contribution in [0, 0.1) is 6.92 Å². The van der Waals surface area contributed by atoms with E-state index in [-0.39, 0.29) is 12.5 Å². The van der Waals surface area contributed by atoms with E-state index >= 15 is 0 Å². The summed E-state index contributed by atoms with van der Waals surface area (Å²) in [6, 6.07) is 15.5. The first-order valence-electron chi connectivity index (χ1n) is 8.57. The van der Waals surface area contributed by atoms with E-state index in [1.165, 1.54) is 0 Å². The zero-order valence-electron chi connectivity index (χ0n) is 14.4. The maximum Gasteiger partial charge on any atom is 0.262 e. The summed E-state index contributed by atoms with van der Waals surface area (Å²) in [6.07, 6.45) is 2.20. The molecule has 1 N–H and O–H groups in total. The highest BCUT2D eigenvalue weighted by Gasteiger charge is 2.28. The third-order valence-electron chi connectivity index (χ3n) is 4.24. The number of hydrogen-bond acceptors (Lipinski definition) is 5. The molecule has 132 valence electrons. The minimum Gasteiger partial charge on any atom is -0.483 e. The first kappa shape index (κ1) is 16.3. The molecule has 3 aromatic rings. The van der Waals surface area contributed by atoms with Gasteiger partial charge in [-0.3, -0.25) is 4.79 Å². The Morgan fingerprint density at radius 1 is 1.23 bits per heavy atom. The van der Waals surface area contributed by atoms with Crippen LogP contribution in [-0.2, 0) is 4.79 Å². The van der Waals surface area contributed by atoms with Gasteiger partial charge in [-0.2, -0.15) is 0 Å². The molecular formula is C19H19N5O2. The third-order valence-corrected chi connectivity index (χ3v) is 4.24. The van der Waals surface area contributed by atoms with Crippen molar-refractivity contribution < 1.29 is 9.53 Å². The molecule has 1 saturated carbocycles. The lowest BCUT2D eigenvalue weighted by molar-refractivity contribution is -0.118. The van der Waals surface area contributed by atoms with E-state index in [2.05, 4.69) is 20.8 Å². The lowest BCUT2D eigenvalue weighted by atomic mass is 10.2. The molecule has 1 aromatic heterocycles. The monoisotopic (exact) mass is 349 g/mol. The lowest BCUT2D eigenvalue weighted by Gasteiger charge is -2.10. The summed E-state index contributed by atoms with van der Waals surface area (Å²) in [5.74, 6) is 1.21. The molecule has 26 heavy (non-hydrogen) atoms. The van der Waals surface area contributed by atoms with Crippen molar-refractivity contribution in [3.63, 3.8) is 0 Å². The standard InChI is InChI=1S/C19H19N5O2/c1-13-5-2-3-8-17(13)26-12-18(25)20-15-7-4-6-14(11-15)19-21-22-23-24(19)16-9-10-16/h2-8,11,16H,9-10,12H2,1H3,(H,20,25). The van der Waals surface area contributed by atoms with Crippen LogP contribution in [-0.4, -0.2) is 32.7 Å². The third kappa shape index (κ3) is 3.56. The van der Waals surface area contributed by atoms with E-state index < -0.39 is 0 Å². The largest absolute Gasteiger partial charge is 0.483 e. The van der Waals surface area contributed by atoms with E-state index in [1.807, 2.05) is 60.1 Å². The molecule has 1 aliphatic rings. The van der Waals surface area contributed by atoms with Crippen LogP contribution in [0.5, 0.6) is 5.75 Å². The smallest absolute Gasteiger partial charge is 0.262 e. The van der Waals surface area contributed by atoms with Gasteiger partial charge in [-0.15, -0.1) is 5.10 Å². The normalized spacial score (nSPS) is 13.4. The highest BCUT2D eigenvalue weighted by atomic mass is 16.5. The van der Waals surface area contributed by atoms with E-state index in [4.69, 9.17) is 4.74 Å². The van der Waals surface area contributed by atoms with Gasteiger partial charge in [-0.05, 0) is 54.0 Å². The van der Waals surface area contributed by atoms with Gasteiger partial charge in [0.2, 0.25) is 0 Å². The molecule has 1 aliphatic carbocycles. The van der Waals surface area contributed by atoms with E-state index in [1.54, 1.807) is 0 Å². The van der Waals surface area contributed by atoms with Crippen molar-refractivity contribution in [1.82, 2.24) is 20.2 Å². The second-order valence-corrected chi connectivity index (χ2v) is 6.36. The maximum atomic E-state index is 12.2. The van der Waals surface area contributed by atoms with Gasteiger partial charge < -0.3 is 10.1 Å². The quantitative estimate of drug-likeness (QED) is 0.740. The van der Waals surface area contributed by atoms with E-state index in [0.29, 0.717) is 17.5 Å². The molecule has 0 radical (unpaired) electrons. The van der Waals surface area contributed by atoms with Gasteiger partial charge in [-0.1, -0.05) is 30.3 Å². The molecule has 7 heteroatoms. The van der Waals surface area contributed by atoms with Gasteiger partial charge in [0, 0.05) is 11.3 Å². The minimum atomic E-state index is -0.216. The number of aromatic nitrogens is 4. The van der Waals surface area contributed by atoms with Crippen LogP contribution in [0.25, 0.3) is 11.4 Å². The van der Waals surface area contributed by atoms with Crippen molar-refractivity contribution in [1.29, 1.82) is 0 Å². The molecule has 0 unspecified atom stereocenters. The predicted molar refractivity (Wildman–Crippen MR) is 96.8 cm³/mol. The average molecular weight is 349 g/mol. The second-order valence-electron chi connectivity index (χ2n) is 6.36. The van der Waals surface area contributed by atoms with Crippen molar-refractivity contribution in [3.05, 3.63) is 54.1 Å². The Balaban J connectivity index is 1.43. The molecule has 1 fully saturated rings. The number of aryl methyl sites for hydroxylation is 1. The number of carbonyl (C=O) groups excluding carboxylic acids is 1. The lowest BCUT2D eigenvalue weighted by Crippen LogP contribution is -2.20. The molecule has 4 rings (SSSR count). The number of carbonyl (C=O) groups is 1. The first-order chi connectivity index (χ1) is 12.7. The van der Waals surface area contributed by atoms with Crippen molar-refractivity contribution >= 4 is 11.6 Å². The van der Waals surface area contributed by atoms with Crippen LogP contribution < -0.4 is 10.1 Å². The molecular weight excluding hydrogens is 330 g/mol. The van der Waals surface area contributed by atoms with E-state index in [9.17, 15) is 4.79 Å². The first-order valence-corrected chi connectivity index (χ1v) is 8.57. The van der Waals surface area contributed by atoms with Crippen LogP contribution >= 0.6 is 0 Å². The number of anilines is 1. The predicted octanol–water partition coefficient (Wildman–Crippen LogP) is 3.00. The molecule has 0 bridgehead atoms. The molecule has 0 saturated heterocycles. The zero-order chi connectivity index (χ0) is 17.9. The SMILES string of the molecule is Cc1ccccc1OCC(=O)Nc1cccc(-c2nnnn2C2CC2)c1. The molecule has 7 nitrogen and oxygen atoms in total. The molecule has 1 heterocycles. The van der Waals surface area contributed by atoms with Crippen LogP contribution in [0.4, 0.5) is 5.69 Å². The fraction of sp³-hybridized carbons (Fsp3) is 0.263. The Hall–Kier alpha value is -3.22. The average Bonchev–Trinajstić information content (AvgIpc) is 3.38. The summed E-state index contributed by atoms with van der Waals surface area (Å²) >= 11 is 0. The number of para-hydroxylation sites is 1. The van der Waals surface area contributed by atoms with Crippen LogP contribution in [0.2, 0.25) is 0 Å². The summed E-state index contributed by atoms with van der Waals surface area (Å²) in [6.45, 7) is 1.90. The Kier molecular flexibility index (Phi) is 4.35. The molecule has 2 aromatic carbocycles. The van der Waals surface area contributed by atoms with Crippen molar-refractivity contribution in [3.8, 4) is 17.1 Å². The van der Waals surface area contributed by atoms with Gasteiger partial charge in [0.25, 0.3) is 5.91 Å². The summed E-state index contributed by atoms with van der Waals surface area (Å²) in [5.41, 5.74) is 2.56. The number of nitrogens with one attached hydrogen (secondary N) is 1. The summed E-state index contributed by atoms with van der Waals surface area (Å²) in [4.78, 5) is 12.2. The number of benzene rings is 2. The maximum absolute atomic E-state index is 12.2. The van der Waals surface area contributed by atoms with Crippen molar-refractivity contribution in [2.75, 3.05) is 11.9 Å². The van der Waals surface area contributed by atoms with Crippen molar-refractivity contribution in [2.45, 2.75) is 25.8 Å². The van der Waals surface area contributed by atoms with Gasteiger partial charge in [-0.25, -0.2) is 4.68 Å². The fourth-order valence-corrected chi connectivity index (χ4v) is 2.74. The van der Waals surface area contributed by atoms with Gasteiger partial charge in [0.1, 0.15) is 5.75 Å². The Morgan fingerprint density at radius 2 is 2.08 bits per heavy atom. The van der Waals surface area contributed by atoms with Crippen LogP contribution in [0.3, 0.4) is 0 Å². The number of ether oxygens (including phenoxy) is 1. The van der Waals surface area contributed by atoms with Gasteiger partial charge >= 0.3 is 0 Å². The molecule has 1 amide bonds. The highest BCUT2D eigenvalue weighted by molar-refractivity contribution is 5.92. The Morgan fingerprint density at radius 3 is 2.88 bits per heavy atom. The zero-order valence-corrected chi connectivity index (χ0v) is 14.4. The van der Waals surface area contributed by atoms with Crippen molar-refractivity contribution in [2.24, 2.45) is 0 Å². The van der Waals surface area contributed by atoms with Crippen LogP contribution in [0.1, 0.15) is 24.4 Å². The number of amides is 1. The molecule has 0 aliphatic heterocycles. The minimum absolute atomic E-state index is 0.0467. The van der Waals surface area contributed by atoms with Crippen LogP contribution in [0.15, 0.2) is 48.5 Å². The van der Waals surface area contributed by atoms with Gasteiger partial charge in [0.05, 0.1) is 6.04 Å². The second kappa shape index (κ2) is 6.95. The number of tetrazole rings is 1. The molecule has 0 spiro atoms. The summed E-state index contributed by atoms with van der Waals surface area (Å²) < 4.78 is 7.43. The molecule has 0 atom stereocenters. The number of hydrogen-bond donors (Lipinski definition) is 1.